The quantitative estimate of drug-likeness (QED) is 0.908. The van der Waals surface area contributed by atoms with Crippen molar-refractivity contribution in [1.29, 1.82) is 0 Å². The Bertz CT molecular complexity index is 409. The van der Waals surface area contributed by atoms with E-state index >= 15 is 0 Å². The van der Waals surface area contributed by atoms with Crippen LogP contribution in [0.5, 0.6) is 0 Å². The lowest BCUT2D eigenvalue weighted by Crippen LogP contribution is -2.31. The van der Waals surface area contributed by atoms with Crippen molar-refractivity contribution in [2.24, 2.45) is 11.7 Å². The van der Waals surface area contributed by atoms with Gasteiger partial charge in [-0.15, -0.1) is 12.4 Å². The molecule has 0 saturated carbocycles. The van der Waals surface area contributed by atoms with E-state index in [0.29, 0.717) is 18.9 Å². The van der Waals surface area contributed by atoms with Gasteiger partial charge < -0.3 is 10.6 Å². The second-order valence-corrected chi connectivity index (χ2v) is 4.90. The maximum absolute atomic E-state index is 12.1. The molecular formula is C14H21ClN2O. The van der Waals surface area contributed by atoms with Gasteiger partial charge in [-0.3, -0.25) is 4.79 Å². The molecule has 1 amide bonds. The normalized spacial score (nSPS) is 18.6. The molecule has 2 N–H and O–H groups in total. The molecule has 0 aliphatic carbocycles. The van der Waals surface area contributed by atoms with E-state index in [1.54, 1.807) is 0 Å². The molecule has 1 unspecified atom stereocenters. The zero-order chi connectivity index (χ0) is 12.3. The maximum Gasteiger partial charge on any atom is 0.226 e. The summed E-state index contributed by atoms with van der Waals surface area (Å²) in [6.07, 6.45) is 1.56. The van der Waals surface area contributed by atoms with Crippen LogP contribution in [0, 0.1) is 12.8 Å². The van der Waals surface area contributed by atoms with Crippen LogP contribution in [-0.2, 0) is 11.2 Å². The molecule has 3 nitrogen and oxygen atoms in total. The Balaban J connectivity index is 0.00000162. The van der Waals surface area contributed by atoms with Gasteiger partial charge in [-0.2, -0.15) is 0 Å². The van der Waals surface area contributed by atoms with Crippen molar-refractivity contribution >= 4 is 18.3 Å². The summed E-state index contributed by atoms with van der Waals surface area (Å²) in [4.78, 5) is 14.0. The van der Waals surface area contributed by atoms with Gasteiger partial charge in [0.25, 0.3) is 0 Å². The molecule has 100 valence electrons. The largest absolute Gasteiger partial charge is 0.342 e. The number of nitrogens with two attached hydrogens (primary N) is 1. The van der Waals surface area contributed by atoms with Gasteiger partial charge >= 0.3 is 0 Å². The van der Waals surface area contributed by atoms with Gasteiger partial charge in [-0.1, -0.05) is 29.8 Å². The van der Waals surface area contributed by atoms with Crippen LogP contribution in [0.2, 0.25) is 0 Å². The van der Waals surface area contributed by atoms with E-state index in [2.05, 4.69) is 6.07 Å². The van der Waals surface area contributed by atoms with Crippen LogP contribution >= 0.6 is 12.4 Å². The van der Waals surface area contributed by atoms with Crippen molar-refractivity contribution in [3.63, 3.8) is 0 Å². The van der Waals surface area contributed by atoms with Crippen LogP contribution in [0.15, 0.2) is 24.3 Å². The zero-order valence-corrected chi connectivity index (χ0v) is 11.6. The summed E-state index contributed by atoms with van der Waals surface area (Å²) in [5.74, 6) is 0.725. The fourth-order valence-corrected chi connectivity index (χ4v) is 2.36. The second-order valence-electron chi connectivity index (χ2n) is 4.90. The van der Waals surface area contributed by atoms with Crippen molar-refractivity contribution in [2.75, 3.05) is 19.6 Å². The van der Waals surface area contributed by atoms with E-state index in [4.69, 9.17) is 5.73 Å². The predicted molar refractivity (Wildman–Crippen MR) is 75.9 cm³/mol. The standard InChI is InChI=1S/C14H20N2O.ClH/c1-11-3-2-4-12(7-11)8-14(17)16-6-5-13(9-15)10-16;/h2-4,7,13H,5-6,8-10,15H2,1H3;1H. The fraction of sp³-hybridized carbons (Fsp3) is 0.500. The average Bonchev–Trinajstić information content (AvgIpc) is 2.77. The Kier molecular flexibility index (Phi) is 5.63. The summed E-state index contributed by atoms with van der Waals surface area (Å²) in [6.45, 7) is 4.44. The lowest BCUT2D eigenvalue weighted by molar-refractivity contribution is -0.129. The number of rotatable bonds is 3. The predicted octanol–water partition coefficient (Wildman–Crippen LogP) is 1.77. The number of hydrogen-bond acceptors (Lipinski definition) is 2. The highest BCUT2D eigenvalue weighted by molar-refractivity contribution is 5.85. The van der Waals surface area contributed by atoms with E-state index in [1.165, 1.54) is 5.56 Å². The Hall–Kier alpha value is -1.06. The van der Waals surface area contributed by atoms with Gasteiger partial charge in [0.05, 0.1) is 6.42 Å². The first-order valence-corrected chi connectivity index (χ1v) is 6.22. The van der Waals surface area contributed by atoms with E-state index in [-0.39, 0.29) is 18.3 Å². The van der Waals surface area contributed by atoms with Crippen LogP contribution in [0.3, 0.4) is 0 Å². The first-order valence-electron chi connectivity index (χ1n) is 6.22. The lowest BCUT2D eigenvalue weighted by atomic mass is 10.1. The third-order valence-corrected chi connectivity index (χ3v) is 3.41. The number of carbonyl (C=O) groups is 1. The van der Waals surface area contributed by atoms with Crippen molar-refractivity contribution in [2.45, 2.75) is 19.8 Å². The van der Waals surface area contributed by atoms with E-state index in [9.17, 15) is 4.79 Å². The molecule has 4 heteroatoms. The third-order valence-electron chi connectivity index (χ3n) is 3.41. The molecule has 18 heavy (non-hydrogen) atoms. The summed E-state index contributed by atoms with van der Waals surface area (Å²) in [7, 11) is 0. The summed E-state index contributed by atoms with van der Waals surface area (Å²) >= 11 is 0. The highest BCUT2D eigenvalue weighted by Gasteiger charge is 2.24. The van der Waals surface area contributed by atoms with Crippen LogP contribution in [0.1, 0.15) is 17.5 Å². The number of amides is 1. The molecular weight excluding hydrogens is 248 g/mol. The minimum Gasteiger partial charge on any atom is -0.342 e. The molecule has 1 aliphatic heterocycles. The Morgan fingerprint density at radius 1 is 1.50 bits per heavy atom. The fourth-order valence-electron chi connectivity index (χ4n) is 2.36. The van der Waals surface area contributed by atoms with Crippen molar-refractivity contribution in [3.8, 4) is 0 Å². The summed E-state index contributed by atoms with van der Waals surface area (Å²) in [5.41, 5.74) is 7.94. The van der Waals surface area contributed by atoms with Crippen molar-refractivity contribution in [1.82, 2.24) is 4.90 Å². The number of nitrogens with zero attached hydrogens (tertiary/aromatic N) is 1. The molecule has 0 spiro atoms. The van der Waals surface area contributed by atoms with Gasteiger partial charge in [-0.05, 0) is 31.4 Å². The number of halogens is 1. The SMILES string of the molecule is Cc1cccc(CC(=O)N2CCC(CN)C2)c1.Cl. The van der Waals surface area contributed by atoms with Crippen molar-refractivity contribution in [3.05, 3.63) is 35.4 Å². The number of carbonyl (C=O) groups excluding carboxylic acids is 1. The maximum atomic E-state index is 12.1. The minimum atomic E-state index is 0. The molecule has 1 aromatic rings. The van der Waals surface area contributed by atoms with Crippen LogP contribution in [-0.4, -0.2) is 30.4 Å². The van der Waals surface area contributed by atoms with Gasteiger partial charge in [0.1, 0.15) is 0 Å². The first kappa shape index (κ1) is 15.0. The molecule has 1 atom stereocenters. The lowest BCUT2D eigenvalue weighted by Gasteiger charge is -2.16. The van der Waals surface area contributed by atoms with Crippen LogP contribution in [0.4, 0.5) is 0 Å². The van der Waals surface area contributed by atoms with Gasteiger partial charge in [0.2, 0.25) is 5.91 Å². The molecule has 0 aromatic heterocycles. The van der Waals surface area contributed by atoms with Gasteiger partial charge in [0.15, 0.2) is 0 Å². The number of aryl methyl sites for hydroxylation is 1. The van der Waals surface area contributed by atoms with Crippen LogP contribution in [0.25, 0.3) is 0 Å². The molecule has 1 heterocycles. The minimum absolute atomic E-state index is 0. The highest BCUT2D eigenvalue weighted by Crippen LogP contribution is 2.16. The Labute approximate surface area is 115 Å². The number of hydrogen-bond donors (Lipinski definition) is 1. The third kappa shape index (κ3) is 3.72. The topological polar surface area (TPSA) is 46.3 Å². The summed E-state index contributed by atoms with van der Waals surface area (Å²) in [5, 5.41) is 0. The van der Waals surface area contributed by atoms with Gasteiger partial charge in [0, 0.05) is 13.1 Å². The first-order chi connectivity index (χ1) is 8.19. The molecule has 0 bridgehead atoms. The molecule has 2 rings (SSSR count). The Morgan fingerprint density at radius 3 is 2.89 bits per heavy atom. The zero-order valence-electron chi connectivity index (χ0n) is 10.8. The van der Waals surface area contributed by atoms with E-state index < -0.39 is 0 Å². The molecule has 1 fully saturated rings. The molecule has 1 aliphatic rings. The smallest absolute Gasteiger partial charge is 0.226 e. The van der Waals surface area contributed by atoms with Gasteiger partial charge in [-0.25, -0.2) is 0 Å². The monoisotopic (exact) mass is 268 g/mol. The van der Waals surface area contributed by atoms with E-state index in [0.717, 1.165) is 25.1 Å². The summed E-state index contributed by atoms with van der Waals surface area (Å²) in [6, 6.07) is 8.15. The second kappa shape index (κ2) is 6.76. The molecule has 1 saturated heterocycles. The van der Waals surface area contributed by atoms with E-state index in [1.807, 2.05) is 30.0 Å². The number of likely N-dealkylation sites (tertiary alicyclic amines) is 1. The molecule has 1 aromatic carbocycles. The Morgan fingerprint density at radius 2 is 2.28 bits per heavy atom. The van der Waals surface area contributed by atoms with Crippen LogP contribution < -0.4 is 5.73 Å². The summed E-state index contributed by atoms with van der Waals surface area (Å²) < 4.78 is 0. The average molecular weight is 269 g/mol. The number of benzene rings is 1. The van der Waals surface area contributed by atoms with Crippen molar-refractivity contribution < 1.29 is 4.79 Å². The molecule has 0 radical (unpaired) electrons. The highest BCUT2D eigenvalue weighted by atomic mass is 35.5.